The van der Waals surface area contributed by atoms with Crippen LogP contribution in [0.3, 0.4) is 0 Å². The van der Waals surface area contributed by atoms with Gasteiger partial charge in [0.25, 0.3) is 5.91 Å². The van der Waals surface area contributed by atoms with Gasteiger partial charge in [-0.25, -0.2) is 0 Å². The molecule has 1 aromatic heterocycles. The SMILES string of the molecule is C[C@@](O)(C(=O)N1CCC(c2cccc3cnccc23)CC1)c1ccccc1. The highest BCUT2D eigenvalue weighted by atomic mass is 16.3. The van der Waals surface area contributed by atoms with Crippen LogP contribution in [0.2, 0.25) is 0 Å². The van der Waals surface area contributed by atoms with Gasteiger partial charge in [-0.2, -0.15) is 0 Å². The Morgan fingerprint density at radius 3 is 2.56 bits per heavy atom. The van der Waals surface area contributed by atoms with Crippen LogP contribution in [0, 0.1) is 0 Å². The fourth-order valence-electron chi connectivity index (χ4n) is 4.09. The van der Waals surface area contributed by atoms with Crippen molar-refractivity contribution in [3.63, 3.8) is 0 Å². The lowest BCUT2D eigenvalue weighted by Gasteiger charge is -2.36. The summed E-state index contributed by atoms with van der Waals surface area (Å²) in [6.07, 6.45) is 5.53. The highest BCUT2D eigenvalue weighted by Crippen LogP contribution is 2.34. The molecule has 1 N–H and O–H groups in total. The van der Waals surface area contributed by atoms with Gasteiger partial charge in [0, 0.05) is 30.9 Å². The predicted molar refractivity (Wildman–Crippen MR) is 106 cm³/mol. The summed E-state index contributed by atoms with van der Waals surface area (Å²) in [5, 5.41) is 13.2. The van der Waals surface area contributed by atoms with Crippen LogP contribution in [0.5, 0.6) is 0 Å². The van der Waals surface area contributed by atoms with Crippen LogP contribution in [0.25, 0.3) is 10.8 Å². The molecule has 138 valence electrons. The van der Waals surface area contributed by atoms with Crippen molar-refractivity contribution in [1.82, 2.24) is 9.88 Å². The number of carbonyl (C=O) groups excluding carboxylic acids is 1. The van der Waals surface area contributed by atoms with E-state index in [1.54, 1.807) is 24.0 Å². The second-order valence-corrected chi connectivity index (χ2v) is 7.45. The number of likely N-dealkylation sites (tertiary alicyclic amines) is 1. The summed E-state index contributed by atoms with van der Waals surface area (Å²) < 4.78 is 0. The molecule has 4 heteroatoms. The minimum Gasteiger partial charge on any atom is -0.376 e. The Labute approximate surface area is 159 Å². The van der Waals surface area contributed by atoms with E-state index in [0.29, 0.717) is 24.6 Å². The number of nitrogens with zero attached hydrogens (tertiary/aromatic N) is 2. The van der Waals surface area contributed by atoms with Gasteiger partial charge in [0.15, 0.2) is 5.60 Å². The third-order valence-electron chi connectivity index (χ3n) is 5.69. The largest absolute Gasteiger partial charge is 0.376 e. The molecule has 27 heavy (non-hydrogen) atoms. The van der Waals surface area contributed by atoms with Crippen LogP contribution in [-0.4, -0.2) is 34.0 Å². The van der Waals surface area contributed by atoms with Gasteiger partial charge in [0.05, 0.1) is 0 Å². The van der Waals surface area contributed by atoms with Crippen LogP contribution >= 0.6 is 0 Å². The first-order valence-electron chi connectivity index (χ1n) is 9.47. The second kappa shape index (κ2) is 7.12. The normalized spacial score (nSPS) is 17.6. The number of carbonyl (C=O) groups is 1. The Bertz CT molecular complexity index is 940. The molecule has 0 saturated carbocycles. The second-order valence-electron chi connectivity index (χ2n) is 7.45. The minimum atomic E-state index is -1.49. The fourth-order valence-corrected chi connectivity index (χ4v) is 4.09. The molecule has 1 aliphatic heterocycles. The zero-order chi connectivity index (χ0) is 18.9. The number of aromatic nitrogens is 1. The quantitative estimate of drug-likeness (QED) is 0.772. The molecule has 0 spiro atoms. The zero-order valence-corrected chi connectivity index (χ0v) is 15.5. The van der Waals surface area contributed by atoms with Gasteiger partial charge in [-0.05, 0) is 48.3 Å². The first-order valence-corrected chi connectivity index (χ1v) is 9.47. The first-order chi connectivity index (χ1) is 13.1. The Hall–Kier alpha value is -2.72. The van der Waals surface area contributed by atoms with Gasteiger partial charge in [-0.3, -0.25) is 9.78 Å². The number of amides is 1. The van der Waals surface area contributed by atoms with Gasteiger partial charge in [-0.1, -0.05) is 48.5 Å². The summed E-state index contributed by atoms with van der Waals surface area (Å²) in [5.74, 6) is 0.205. The molecule has 0 aliphatic carbocycles. The molecule has 2 aromatic carbocycles. The number of fused-ring (bicyclic) bond motifs is 1. The first kappa shape index (κ1) is 17.7. The molecule has 3 aromatic rings. The average molecular weight is 360 g/mol. The van der Waals surface area contributed by atoms with Gasteiger partial charge in [0.2, 0.25) is 0 Å². The van der Waals surface area contributed by atoms with Crippen molar-refractivity contribution in [1.29, 1.82) is 0 Å². The molecule has 0 bridgehead atoms. The van der Waals surface area contributed by atoms with Crippen molar-refractivity contribution in [3.05, 3.63) is 78.1 Å². The smallest absolute Gasteiger partial charge is 0.258 e. The standard InChI is InChI=1S/C23H24N2O2/c1-23(27,19-7-3-2-4-8-19)22(26)25-14-11-17(12-15-25)20-9-5-6-18-16-24-13-10-21(18)20/h2-10,13,16-17,27H,11-12,14-15H2,1H3/t23-/m0/s1. The van der Waals surface area contributed by atoms with E-state index >= 15 is 0 Å². The van der Waals surface area contributed by atoms with Crippen molar-refractivity contribution in [2.45, 2.75) is 31.3 Å². The molecule has 1 saturated heterocycles. The van der Waals surface area contributed by atoms with Crippen molar-refractivity contribution in [3.8, 4) is 0 Å². The van der Waals surface area contributed by atoms with Crippen LogP contribution in [-0.2, 0) is 10.4 Å². The number of benzene rings is 2. The molecule has 1 amide bonds. The van der Waals surface area contributed by atoms with Crippen LogP contribution in [0.15, 0.2) is 67.0 Å². The third-order valence-corrected chi connectivity index (χ3v) is 5.69. The number of hydrogen-bond donors (Lipinski definition) is 1. The number of pyridine rings is 1. The lowest BCUT2D eigenvalue weighted by atomic mass is 9.85. The minimum absolute atomic E-state index is 0.214. The average Bonchev–Trinajstić information content (AvgIpc) is 2.73. The molecule has 4 nitrogen and oxygen atoms in total. The number of piperidine rings is 1. The van der Waals surface area contributed by atoms with Crippen LogP contribution < -0.4 is 0 Å². The maximum Gasteiger partial charge on any atom is 0.258 e. The Morgan fingerprint density at radius 2 is 1.81 bits per heavy atom. The van der Waals surface area contributed by atoms with Crippen LogP contribution in [0.1, 0.15) is 36.8 Å². The van der Waals surface area contributed by atoms with Crippen molar-refractivity contribution in [2.24, 2.45) is 0 Å². The van der Waals surface area contributed by atoms with E-state index in [1.807, 2.05) is 30.6 Å². The van der Waals surface area contributed by atoms with E-state index in [0.717, 1.165) is 18.2 Å². The summed E-state index contributed by atoms with van der Waals surface area (Å²) in [4.78, 5) is 19.0. The maximum atomic E-state index is 12.9. The van der Waals surface area contributed by atoms with Crippen molar-refractivity contribution < 1.29 is 9.90 Å². The lowest BCUT2D eigenvalue weighted by Crippen LogP contribution is -2.48. The summed E-state index contributed by atoms with van der Waals surface area (Å²) in [5.41, 5.74) is 0.481. The molecule has 0 radical (unpaired) electrons. The summed E-state index contributed by atoms with van der Waals surface area (Å²) >= 11 is 0. The van der Waals surface area contributed by atoms with E-state index < -0.39 is 5.60 Å². The Balaban J connectivity index is 1.50. The molecule has 2 heterocycles. The Kier molecular flexibility index (Phi) is 4.66. The van der Waals surface area contributed by atoms with Crippen molar-refractivity contribution >= 4 is 16.7 Å². The molecule has 1 atom stereocenters. The van der Waals surface area contributed by atoms with E-state index in [2.05, 4.69) is 29.2 Å². The summed E-state index contributed by atoms with van der Waals surface area (Å²) in [6, 6.07) is 17.6. The van der Waals surface area contributed by atoms with E-state index in [4.69, 9.17) is 0 Å². The molecule has 1 fully saturated rings. The summed E-state index contributed by atoms with van der Waals surface area (Å²) in [6.45, 7) is 2.91. The maximum absolute atomic E-state index is 12.9. The van der Waals surface area contributed by atoms with E-state index in [9.17, 15) is 9.90 Å². The molecular formula is C23H24N2O2. The molecule has 0 unspecified atom stereocenters. The van der Waals surface area contributed by atoms with Crippen molar-refractivity contribution in [2.75, 3.05) is 13.1 Å². The highest BCUT2D eigenvalue weighted by molar-refractivity contribution is 5.87. The zero-order valence-electron chi connectivity index (χ0n) is 15.5. The number of rotatable bonds is 3. The summed E-state index contributed by atoms with van der Waals surface area (Å²) in [7, 11) is 0. The molecule has 1 aliphatic rings. The molecular weight excluding hydrogens is 336 g/mol. The Morgan fingerprint density at radius 1 is 1.07 bits per heavy atom. The third kappa shape index (κ3) is 3.33. The van der Waals surface area contributed by atoms with E-state index in [1.165, 1.54) is 10.9 Å². The van der Waals surface area contributed by atoms with E-state index in [-0.39, 0.29) is 5.91 Å². The van der Waals surface area contributed by atoms with Gasteiger partial charge >= 0.3 is 0 Å². The monoisotopic (exact) mass is 360 g/mol. The number of hydrogen-bond acceptors (Lipinski definition) is 3. The highest BCUT2D eigenvalue weighted by Gasteiger charge is 2.37. The number of aliphatic hydroxyl groups is 1. The van der Waals surface area contributed by atoms with Gasteiger partial charge in [-0.15, -0.1) is 0 Å². The van der Waals surface area contributed by atoms with Crippen LogP contribution in [0.4, 0.5) is 0 Å². The fraction of sp³-hybridized carbons (Fsp3) is 0.304. The topological polar surface area (TPSA) is 53.4 Å². The molecule has 4 rings (SSSR count). The van der Waals surface area contributed by atoms with Gasteiger partial charge in [0.1, 0.15) is 0 Å². The van der Waals surface area contributed by atoms with Gasteiger partial charge < -0.3 is 10.0 Å². The predicted octanol–water partition coefficient (Wildman–Crippen LogP) is 3.85. The lowest BCUT2D eigenvalue weighted by molar-refractivity contribution is -0.151.